The van der Waals surface area contributed by atoms with Crippen molar-refractivity contribution in [2.75, 3.05) is 31.7 Å². The number of nitrogens with one attached hydrogen (secondary N) is 2. The molecule has 2 aliphatic rings. The van der Waals surface area contributed by atoms with Gasteiger partial charge >= 0.3 is 6.09 Å². The fourth-order valence-electron chi connectivity index (χ4n) is 5.01. The van der Waals surface area contributed by atoms with E-state index in [9.17, 15) is 9.59 Å². The van der Waals surface area contributed by atoms with Gasteiger partial charge in [-0.15, -0.1) is 0 Å². The van der Waals surface area contributed by atoms with Gasteiger partial charge < -0.3 is 20.0 Å². The Morgan fingerprint density at radius 2 is 1.94 bits per heavy atom. The number of amides is 2. The fourth-order valence-corrected chi connectivity index (χ4v) is 5.01. The van der Waals surface area contributed by atoms with Gasteiger partial charge in [0, 0.05) is 42.2 Å². The van der Waals surface area contributed by atoms with E-state index < -0.39 is 0 Å². The van der Waals surface area contributed by atoms with Gasteiger partial charge in [0.2, 0.25) is 0 Å². The predicted molar refractivity (Wildman–Crippen MR) is 141 cm³/mol. The molecule has 3 aromatic rings. The second-order valence-corrected chi connectivity index (χ2v) is 9.76. The Morgan fingerprint density at radius 3 is 2.72 bits per heavy atom. The van der Waals surface area contributed by atoms with E-state index in [1.54, 1.807) is 4.90 Å². The Morgan fingerprint density at radius 1 is 1.11 bits per heavy atom. The average molecular weight is 488 g/mol. The van der Waals surface area contributed by atoms with E-state index in [-0.39, 0.29) is 24.1 Å². The molecule has 8 nitrogen and oxygen atoms in total. The van der Waals surface area contributed by atoms with Crippen molar-refractivity contribution in [3.8, 4) is 11.3 Å². The summed E-state index contributed by atoms with van der Waals surface area (Å²) in [5, 5.41) is 1.03. The number of hydrogen-bond acceptors (Lipinski definition) is 6. The lowest BCUT2D eigenvalue weighted by atomic mass is 10.00. The third-order valence-corrected chi connectivity index (χ3v) is 7.08. The lowest BCUT2D eigenvalue weighted by molar-refractivity contribution is 0.0412. The Balaban J connectivity index is 1.38. The van der Waals surface area contributed by atoms with Gasteiger partial charge in [0.25, 0.3) is 5.91 Å². The number of nitrogens with zero attached hydrogens (tertiary/aromatic N) is 3. The van der Waals surface area contributed by atoms with Crippen molar-refractivity contribution < 1.29 is 14.3 Å². The first-order valence-electron chi connectivity index (χ1n) is 12.7. The van der Waals surface area contributed by atoms with E-state index in [2.05, 4.69) is 49.0 Å². The molecule has 8 heteroatoms. The number of benzene rings is 2. The van der Waals surface area contributed by atoms with Gasteiger partial charge in [0.1, 0.15) is 0 Å². The molecule has 0 bridgehead atoms. The minimum atomic E-state index is -0.304. The monoisotopic (exact) mass is 487 g/mol. The van der Waals surface area contributed by atoms with Gasteiger partial charge in [-0.2, -0.15) is 0 Å². The summed E-state index contributed by atoms with van der Waals surface area (Å²) in [7, 11) is 0. The van der Waals surface area contributed by atoms with Crippen molar-refractivity contribution in [2.24, 2.45) is 0 Å². The molecule has 2 N–H and O–H groups in total. The van der Waals surface area contributed by atoms with E-state index in [1.165, 1.54) is 5.56 Å². The van der Waals surface area contributed by atoms with Crippen LogP contribution in [0.2, 0.25) is 0 Å². The zero-order valence-corrected chi connectivity index (χ0v) is 21.3. The highest BCUT2D eigenvalue weighted by molar-refractivity contribution is 5.99. The number of hydrogen-bond donors (Lipinski definition) is 2. The normalized spacial score (nSPS) is 19.2. The van der Waals surface area contributed by atoms with Gasteiger partial charge in [0.05, 0.1) is 29.5 Å². The molecule has 3 heterocycles. The van der Waals surface area contributed by atoms with Gasteiger partial charge in [-0.25, -0.2) is 15.2 Å². The molecule has 36 heavy (non-hydrogen) atoms. The van der Waals surface area contributed by atoms with Gasteiger partial charge in [-0.3, -0.25) is 4.79 Å². The van der Waals surface area contributed by atoms with Crippen LogP contribution in [-0.2, 0) is 4.74 Å². The largest absolute Gasteiger partial charge is 0.449 e. The van der Waals surface area contributed by atoms with Crippen LogP contribution in [0.3, 0.4) is 0 Å². The topological polar surface area (TPSA) is 86.8 Å². The number of rotatable bonds is 4. The van der Waals surface area contributed by atoms with E-state index in [0.717, 1.165) is 39.8 Å². The van der Waals surface area contributed by atoms with Crippen molar-refractivity contribution >= 4 is 28.6 Å². The molecule has 0 aliphatic carbocycles. The highest BCUT2D eigenvalue weighted by atomic mass is 16.6. The molecule has 1 fully saturated rings. The summed E-state index contributed by atoms with van der Waals surface area (Å²) >= 11 is 0. The maximum Gasteiger partial charge on any atom is 0.410 e. The SMILES string of the molecule is CCCOC(=O)N1CCN(C(=O)c2ccc3c(C)cc(-c4ccc5c(c4)C(C)NN5)nc3c2)C[C@H]1C. The van der Waals surface area contributed by atoms with Crippen LogP contribution in [0.25, 0.3) is 22.2 Å². The molecule has 2 aromatic carbocycles. The zero-order valence-electron chi connectivity index (χ0n) is 21.3. The summed E-state index contributed by atoms with van der Waals surface area (Å²) in [4.78, 5) is 34.2. The average Bonchev–Trinajstić information content (AvgIpc) is 3.26. The standard InChI is InChI=1S/C28H33N5O3/c1-5-12-36-28(35)33-11-10-32(16-18(33)3)27(34)21-6-8-22-17(2)13-25(29-26(22)15-21)20-7-9-24-23(14-20)19(4)30-31-24/h6-9,13-15,18-19,30-31H,5,10-12,16H2,1-4H3/t18-,19?/m1/s1. The van der Waals surface area contributed by atoms with Crippen molar-refractivity contribution in [2.45, 2.75) is 46.2 Å². The molecular formula is C28H33N5O3. The molecule has 1 aromatic heterocycles. The van der Waals surface area contributed by atoms with E-state index in [0.29, 0.717) is 31.8 Å². The number of carbonyl (C=O) groups excluding carboxylic acids is 2. The highest BCUT2D eigenvalue weighted by Gasteiger charge is 2.31. The van der Waals surface area contributed by atoms with Crippen molar-refractivity contribution in [3.63, 3.8) is 0 Å². The lowest BCUT2D eigenvalue weighted by Gasteiger charge is -2.39. The second-order valence-electron chi connectivity index (χ2n) is 9.76. The molecule has 2 amide bonds. The zero-order chi connectivity index (χ0) is 25.4. The van der Waals surface area contributed by atoms with Gasteiger partial charge in [0.15, 0.2) is 0 Å². The smallest absolute Gasteiger partial charge is 0.410 e. The Kier molecular flexibility index (Phi) is 6.53. The van der Waals surface area contributed by atoms with Gasteiger partial charge in [-0.05, 0) is 68.7 Å². The summed E-state index contributed by atoms with van der Waals surface area (Å²) in [6.45, 7) is 9.94. The van der Waals surface area contributed by atoms with Gasteiger partial charge in [-0.1, -0.05) is 19.1 Å². The van der Waals surface area contributed by atoms with Crippen LogP contribution in [0, 0.1) is 6.92 Å². The number of aryl methyl sites for hydroxylation is 1. The predicted octanol–water partition coefficient (Wildman–Crippen LogP) is 4.89. The quantitative estimate of drug-likeness (QED) is 0.545. The Labute approximate surface area is 211 Å². The third kappa shape index (κ3) is 4.48. The first kappa shape index (κ1) is 24.1. The number of fused-ring (bicyclic) bond motifs is 2. The Hall–Kier alpha value is -3.65. The minimum absolute atomic E-state index is 0.0429. The maximum absolute atomic E-state index is 13.4. The first-order chi connectivity index (χ1) is 17.4. The number of pyridine rings is 1. The first-order valence-corrected chi connectivity index (χ1v) is 12.7. The summed E-state index contributed by atoms with van der Waals surface area (Å²) in [5.74, 6) is -0.0429. The number of anilines is 1. The van der Waals surface area contributed by atoms with Crippen molar-refractivity contribution in [1.82, 2.24) is 20.2 Å². The Bertz CT molecular complexity index is 1320. The molecule has 1 saturated heterocycles. The van der Waals surface area contributed by atoms with Crippen LogP contribution in [0.5, 0.6) is 0 Å². The molecular weight excluding hydrogens is 454 g/mol. The van der Waals surface area contributed by atoms with Crippen LogP contribution in [0.4, 0.5) is 10.5 Å². The van der Waals surface area contributed by atoms with Crippen LogP contribution in [-0.4, -0.2) is 59.1 Å². The van der Waals surface area contributed by atoms with Crippen molar-refractivity contribution in [1.29, 1.82) is 0 Å². The number of aromatic nitrogens is 1. The summed E-state index contributed by atoms with van der Waals surface area (Å²) in [5.41, 5.74) is 13.2. The minimum Gasteiger partial charge on any atom is -0.449 e. The molecule has 0 spiro atoms. The lowest BCUT2D eigenvalue weighted by Crippen LogP contribution is -2.55. The van der Waals surface area contributed by atoms with Crippen LogP contribution in [0.15, 0.2) is 42.5 Å². The van der Waals surface area contributed by atoms with Crippen molar-refractivity contribution in [3.05, 3.63) is 59.2 Å². The third-order valence-electron chi connectivity index (χ3n) is 7.08. The molecule has 2 atom stereocenters. The summed E-state index contributed by atoms with van der Waals surface area (Å²) < 4.78 is 5.29. The number of carbonyl (C=O) groups is 2. The van der Waals surface area contributed by atoms with Crippen LogP contribution < -0.4 is 10.9 Å². The fraction of sp³-hybridized carbons (Fsp3) is 0.393. The molecule has 0 radical (unpaired) electrons. The molecule has 188 valence electrons. The maximum atomic E-state index is 13.4. The summed E-state index contributed by atoms with van der Waals surface area (Å²) in [6, 6.07) is 14.3. The second kappa shape index (κ2) is 9.78. The molecule has 2 aliphatic heterocycles. The molecule has 5 rings (SSSR count). The summed E-state index contributed by atoms with van der Waals surface area (Å²) in [6.07, 6.45) is 0.484. The number of ether oxygens (including phenoxy) is 1. The van der Waals surface area contributed by atoms with E-state index in [4.69, 9.17) is 9.72 Å². The van der Waals surface area contributed by atoms with E-state index >= 15 is 0 Å². The number of hydrazine groups is 1. The number of piperazine rings is 1. The van der Waals surface area contributed by atoms with E-state index in [1.807, 2.05) is 36.9 Å². The van der Waals surface area contributed by atoms with Crippen LogP contribution in [0.1, 0.15) is 54.7 Å². The molecule has 1 unspecified atom stereocenters. The highest BCUT2D eigenvalue weighted by Crippen LogP contribution is 2.33. The van der Waals surface area contributed by atoms with Crippen LogP contribution >= 0.6 is 0 Å². The molecule has 0 saturated carbocycles.